The van der Waals surface area contributed by atoms with Gasteiger partial charge in [-0.3, -0.25) is 4.21 Å². The minimum atomic E-state index is -1.39. The van der Waals surface area contributed by atoms with E-state index >= 15 is 0 Å². The largest absolute Gasteiger partial charge is 0.391 e. The number of hydrogen-bond donors (Lipinski definition) is 2. The first-order chi connectivity index (χ1) is 8.90. The van der Waals surface area contributed by atoms with Gasteiger partial charge in [0, 0.05) is 11.4 Å². The number of halogens is 2. The molecule has 0 spiro atoms. The summed E-state index contributed by atoms with van der Waals surface area (Å²) in [6.07, 6.45) is -0.705. The molecule has 1 rings (SSSR count). The van der Waals surface area contributed by atoms with Crippen molar-refractivity contribution in [1.29, 1.82) is 0 Å². The molecule has 0 aliphatic heterocycles. The third-order valence-corrected chi connectivity index (χ3v) is 4.19. The average molecular weight is 308 g/mol. The summed E-state index contributed by atoms with van der Waals surface area (Å²) in [7, 11) is -1.39. The van der Waals surface area contributed by atoms with Crippen molar-refractivity contribution >= 4 is 22.4 Å². The molecule has 0 amide bonds. The molecule has 19 heavy (non-hydrogen) atoms. The summed E-state index contributed by atoms with van der Waals surface area (Å²) >= 11 is 5.63. The summed E-state index contributed by atoms with van der Waals surface area (Å²) in [4.78, 5) is 0.425. The Morgan fingerprint density at radius 3 is 2.68 bits per heavy atom. The summed E-state index contributed by atoms with van der Waals surface area (Å²) < 4.78 is 24.9. The third kappa shape index (κ3) is 5.99. The Morgan fingerprint density at radius 1 is 1.42 bits per heavy atom. The number of nitrogens with one attached hydrogen (secondary N) is 1. The number of rotatable bonds is 7. The zero-order valence-corrected chi connectivity index (χ0v) is 12.6. The van der Waals surface area contributed by atoms with Crippen molar-refractivity contribution in [3.8, 4) is 0 Å². The van der Waals surface area contributed by atoms with Crippen molar-refractivity contribution in [2.75, 3.05) is 18.8 Å². The second kappa shape index (κ2) is 7.94. The fourth-order valence-electron chi connectivity index (χ4n) is 1.49. The highest BCUT2D eigenvalue weighted by molar-refractivity contribution is 7.85. The van der Waals surface area contributed by atoms with Crippen LogP contribution in [0.3, 0.4) is 0 Å². The molecule has 0 aliphatic carbocycles. The maximum atomic E-state index is 13.0. The Morgan fingerprint density at radius 2 is 2.11 bits per heavy atom. The van der Waals surface area contributed by atoms with Gasteiger partial charge in [0.25, 0.3) is 0 Å². The van der Waals surface area contributed by atoms with Crippen LogP contribution in [-0.4, -0.2) is 34.3 Å². The topological polar surface area (TPSA) is 49.3 Å². The fraction of sp³-hybridized carbons (Fsp3) is 0.538. The molecule has 108 valence electrons. The van der Waals surface area contributed by atoms with Crippen LogP contribution < -0.4 is 5.32 Å². The van der Waals surface area contributed by atoms with E-state index in [1.807, 2.05) is 0 Å². The molecular formula is C13H19ClFNO2S. The average Bonchev–Trinajstić information content (AvgIpc) is 2.32. The summed E-state index contributed by atoms with van der Waals surface area (Å²) in [5.41, 5.74) is 0. The number of aliphatic hydroxyl groups is 1. The molecule has 2 atom stereocenters. The van der Waals surface area contributed by atoms with Crippen molar-refractivity contribution in [2.45, 2.75) is 24.8 Å². The van der Waals surface area contributed by atoms with Crippen LogP contribution in [0.5, 0.6) is 0 Å². The highest BCUT2D eigenvalue weighted by Gasteiger charge is 2.13. The second-order valence-electron chi connectivity index (χ2n) is 4.79. The SMILES string of the molecule is CC(C)CNCC(O)CS(=O)c1ccc(F)c(Cl)c1. The van der Waals surface area contributed by atoms with Crippen molar-refractivity contribution < 1.29 is 13.7 Å². The van der Waals surface area contributed by atoms with E-state index in [0.717, 1.165) is 6.54 Å². The van der Waals surface area contributed by atoms with Gasteiger partial charge < -0.3 is 10.4 Å². The van der Waals surface area contributed by atoms with Gasteiger partial charge in [-0.25, -0.2) is 4.39 Å². The number of hydrogen-bond acceptors (Lipinski definition) is 3. The van der Waals surface area contributed by atoms with E-state index in [4.69, 9.17) is 11.6 Å². The Hall–Kier alpha value is -0.490. The van der Waals surface area contributed by atoms with Crippen LogP contribution in [-0.2, 0) is 10.8 Å². The van der Waals surface area contributed by atoms with E-state index in [1.165, 1.54) is 18.2 Å². The van der Waals surface area contributed by atoms with Gasteiger partial charge in [0.15, 0.2) is 0 Å². The predicted molar refractivity (Wildman–Crippen MR) is 76.4 cm³/mol. The lowest BCUT2D eigenvalue weighted by Gasteiger charge is -2.13. The van der Waals surface area contributed by atoms with Gasteiger partial charge in [0.05, 0.1) is 27.7 Å². The standard InChI is InChI=1S/C13H19ClFNO2S/c1-9(2)6-16-7-10(17)8-19(18)11-3-4-13(15)12(14)5-11/h3-5,9-10,16-17H,6-8H2,1-2H3. The van der Waals surface area contributed by atoms with Gasteiger partial charge in [-0.15, -0.1) is 0 Å². The second-order valence-corrected chi connectivity index (χ2v) is 6.70. The molecule has 3 nitrogen and oxygen atoms in total. The molecule has 2 N–H and O–H groups in total. The highest BCUT2D eigenvalue weighted by Crippen LogP contribution is 2.18. The molecule has 1 aromatic rings. The zero-order valence-electron chi connectivity index (χ0n) is 11.0. The molecule has 0 saturated carbocycles. The first-order valence-electron chi connectivity index (χ1n) is 6.12. The molecule has 2 unspecified atom stereocenters. The fourth-order valence-corrected chi connectivity index (χ4v) is 2.86. The lowest BCUT2D eigenvalue weighted by molar-refractivity contribution is 0.193. The van der Waals surface area contributed by atoms with E-state index in [0.29, 0.717) is 17.4 Å². The molecule has 0 fully saturated rings. The van der Waals surface area contributed by atoms with E-state index in [9.17, 15) is 13.7 Å². The van der Waals surface area contributed by atoms with Crippen LogP contribution >= 0.6 is 11.6 Å². The Kier molecular flexibility index (Phi) is 6.93. The monoisotopic (exact) mass is 307 g/mol. The third-order valence-electron chi connectivity index (χ3n) is 2.43. The molecule has 0 saturated heterocycles. The van der Waals surface area contributed by atoms with Crippen LogP contribution in [0, 0.1) is 11.7 Å². The highest BCUT2D eigenvalue weighted by atomic mass is 35.5. The Labute approximate surface area is 120 Å². The molecule has 1 aromatic carbocycles. The van der Waals surface area contributed by atoms with Crippen LogP contribution in [0.25, 0.3) is 0 Å². The minimum Gasteiger partial charge on any atom is -0.391 e. The van der Waals surface area contributed by atoms with Crippen LogP contribution in [0.1, 0.15) is 13.8 Å². The van der Waals surface area contributed by atoms with Crippen LogP contribution in [0.4, 0.5) is 4.39 Å². The molecule has 0 bridgehead atoms. The van der Waals surface area contributed by atoms with Crippen molar-refractivity contribution in [2.24, 2.45) is 5.92 Å². The smallest absolute Gasteiger partial charge is 0.141 e. The maximum absolute atomic E-state index is 13.0. The van der Waals surface area contributed by atoms with Gasteiger partial charge in [-0.2, -0.15) is 0 Å². The summed E-state index contributed by atoms with van der Waals surface area (Å²) in [5, 5.41) is 12.8. The number of benzene rings is 1. The van der Waals surface area contributed by atoms with Gasteiger partial charge in [-0.1, -0.05) is 25.4 Å². The van der Waals surface area contributed by atoms with Crippen molar-refractivity contribution in [3.05, 3.63) is 29.0 Å². The van der Waals surface area contributed by atoms with E-state index < -0.39 is 22.7 Å². The quantitative estimate of drug-likeness (QED) is 0.812. The lowest BCUT2D eigenvalue weighted by atomic mass is 10.2. The summed E-state index contributed by atoms with van der Waals surface area (Å²) in [6.45, 7) is 5.32. The van der Waals surface area contributed by atoms with E-state index in [1.54, 1.807) is 0 Å². The predicted octanol–water partition coefficient (Wildman–Crippen LogP) is 2.19. The molecule has 0 aromatic heterocycles. The van der Waals surface area contributed by atoms with Gasteiger partial charge in [0.1, 0.15) is 5.82 Å². The first-order valence-corrected chi connectivity index (χ1v) is 7.82. The Bertz CT molecular complexity index is 443. The Balaban J connectivity index is 2.47. The van der Waals surface area contributed by atoms with Crippen LogP contribution in [0.2, 0.25) is 5.02 Å². The molecule has 0 aliphatic rings. The van der Waals surface area contributed by atoms with Crippen molar-refractivity contribution in [1.82, 2.24) is 5.32 Å². The number of aliphatic hydroxyl groups excluding tert-OH is 1. The van der Waals surface area contributed by atoms with Gasteiger partial charge in [-0.05, 0) is 30.7 Å². The maximum Gasteiger partial charge on any atom is 0.141 e. The molecular weight excluding hydrogens is 289 g/mol. The normalized spacial score (nSPS) is 14.6. The van der Waals surface area contributed by atoms with Crippen LogP contribution in [0.15, 0.2) is 23.1 Å². The minimum absolute atomic E-state index is 0.0572. The lowest BCUT2D eigenvalue weighted by Crippen LogP contribution is -2.33. The molecule has 0 heterocycles. The van der Waals surface area contributed by atoms with Crippen molar-refractivity contribution in [3.63, 3.8) is 0 Å². The van der Waals surface area contributed by atoms with Gasteiger partial charge in [0.2, 0.25) is 0 Å². The summed E-state index contributed by atoms with van der Waals surface area (Å²) in [6, 6.07) is 3.94. The zero-order chi connectivity index (χ0) is 14.4. The van der Waals surface area contributed by atoms with E-state index in [-0.39, 0.29) is 10.8 Å². The summed E-state index contributed by atoms with van der Waals surface area (Å²) in [5.74, 6) is 0.0581. The van der Waals surface area contributed by atoms with Gasteiger partial charge >= 0.3 is 0 Å². The van der Waals surface area contributed by atoms with E-state index in [2.05, 4.69) is 19.2 Å². The molecule has 0 radical (unpaired) electrons. The first kappa shape index (κ1) is 16.6. The molecule has 6 heteroatoms.